The van der Waals surface area contributed by atoms with E-state index in [0.29, 0.717) is 17.8 Å². The largest absolute Gasteiger partial charge is 0.497 e. The third kappa shape index (κ3) is 12.9. The van der Waals surface area contributed by atoms with Gasteiger partial charge in [0, 0.05) is 35.3 Å². The lowest BCUT2D eigenvalue weighted by molar-refractivity contribution is 0.415. The molecule has 0 atom stereocenters. The Balaban J connectivity index is 0.000000337. The van der Waals surface area contributed by atoms with Crippen LogP contribution in [-0.2, 0) is 0 Å². The van der Waals surface area contributed by atoms with Gasteiger partial charge in [-0.05, 0) is 85.2 Å². The van der Waals surface area contributed by atoms with Gasteiger partial charge in [0.1, 0.15) is 5.75 Å². The summed E-state index contributed by atoms with van der Waals surface area (Å²) in [6.07, 6.45) is 6.06. The average Bonchev–Trinajstić information content (AvgIpc) is 3.78. The van der Waals surface area contributed by atoms with Crippen molar-refractivity contribution in [2.45, 2.75) is 81.1 Å². The molecular weight excluding hydrogens is 566 g/mol. The Kier molecular flexibility index (Phi) is 18.3. The second-order valence-corrected chi connectivity index (χ2v) is 11.4. The molecule has 4 rings (SSSR count). The van der Waals surface area contributed by atoms with Crippen molar-refractivity contribution < 1.29 is 4.74 Å². The van der Waals surface area contributed by atoms with Crippen LogP contribution in [0.4, 0.5) is 0 Å². The Hall–Kier alpha value is -4.45. The summed E-state index contributed by atoms with van der Waals surface area (Å²) in [5.41, 5.74) is 10.1. The van der Waals surface area contributed by atoms with Crippen molar-refractivity contribution in [2.24, 2.45) is 10.9 Å². The van der Waals surface area contributed by atoms with Crippen molar-refractivity contribution in [3.05, 3.63) is 114 Å². The van der Waals surface area contributed by atoms with Crippen LogP contribution in [-0.4, -0.2) is 40.3 Å². The van der Waals surface area contributed by atoms with Gasteiger partial charge in [-0.3, -0.25) is 15.2 Å². The maximum Gasteiger partial charge on any atom is 0.118 e. The molecule has 4 aromatic rings. The molecule has 0 fully saturated rings. The van der Waals surface area contributed by atoms with Crippen LogP contribution < -0.4 is 4.74 Å². The smallest absolute Gasteiger partial charge is 0.118 e. The number of benzene rings is 2. The molecule has 6 heteroatoms. The summed E-state index contributed by atoms with van der Waals surface area (Å²) in [5, 5.41) is 14.7. The monoisotopic (exact) mass is 623 g/mol. The summed E-state index contributed by atoms with van der Waals surface area (Å²) in [7, 11) is 3.50. The van der Waals surface area contributed by atoms with E-state index >= 15 is 0 Å². The molecule has 6 nitrogen and oxygen atoms in total. The fourth-order valence-corrected chi connectivity index (χ4v) is 4.23. The van der Waals surface area contributed by atoms with Crippen LogP contribution in [0.2, 0.25) is 0 Å². The predicted molar refractivity (Wildman–Crippen MR) is 200 cm³/mol. The maximum atomic E-state index is 5.12. The van der Waals surface area contributed by atoms with Gasteiger partial charge in [-0.1, -0.05) is 104 Å². The van der Waals surface area contributed by atoms with E-state index in [1.165, 1.54) is 16.8 Å². The Morgan fingerprint density at radius 3 is 1.63 bits per heavy atom. The first kappa shape index (κ1) is 39.6. The normalized spacial score (nSPS) is 11.7. The zero-order valence-corrected chi connectivity index (χ0v) is 30.3. The first-order valence-electron chi connectivity index (χ1n) is 16.3. The number of aromatic amines is 2. The van der Waals surface area contributed by atoms with Gasteiger partial charge >= 0.3 is 0 Å². The molecule has 0 saturated heterocycles. The summed E-state index contributed by atoms with van der Waals surface area (Å²) >= 11 is 0. The van der Waals surface area contributed by atoms with E-state index in [-0.39, 0.29) is 0 Å². The van der Waals surface area contributed by atoms with Gasteiger partial charge in [0.25, 0.3) is 0 Å². The SMILES string of the molecule is C=CC(=C\C)/C(C)=C/C(=NC)C(C)C.CC.CC(C)c1cc(-c2ccccc2)n[nH]1.COc1ccc(-c2cc(C(C)C)[nH]n2)cc1. The van der Waals surface area contributed by atoms with Crippen LogP contribution in [0, 0.1) is 5.92 Å². The molecule has 0 unspecified atom stereocenters. The minimum Gasteiger partial charge on any atom is -0.497 e. The lowest BCUT2D eigenvalue weighted by Gasteiger charge is -2.07. The van der Waals surface area contributed by atoms with Gasteiger partial charge in [-0.15, -0.1) is 0 Å². The fourth-order valence-electron chi connectivity index (χ4n) is 4.23. The Morgan fingerprint density at radius 2 is 1.28 bits per heavy atom. The van der Waals surface area contributed by atoms with Crippen molar-refractivity contribution in [1.29, 1.82) is 0 Å². The Bertz CT molecular complexity index is 1500. The number of rotatable bonds is 9. The number of ether oxygens (including phenoxy) is 1. The second kappa shape index (κ2) is 21.3. The van der Waals surface area contributed by atoms with Gasteiger partial charge in [0.05, 0.1) is 18.5 Å². The van der Waals surface area contributed by atoms with Gasteiger partial charge in [0.15, 0.2) is 0 Å². The molecule has 0 aliphatic carbocycles. The van der Waals surface area contributed by atoms with E-state index < -0.39 is 0 Å². The van der Waals surface area contributed by atoms with E-state index in [1.54, 1.807) is 7.11 Å². The molecule has 0 radical (unpaired) electrons. The topological polar surface area (TPSA) is 79.0 Å². The number of nitrogens with zero attached hydrogens (tertiary/aromatic N) is 3. The van der Waals surface area contributed by atoms with E-state index in [1.807, 2.05) is 76.4 Å². The van der Waals surface area contributed by atoms with Crippen LogP contribution in [0.3, 0.4) is 0 Å². The van der Waals surface area contributed by atoms with Crippen molar-refractivity contribution in [2.75, 3.05) is 14.2 Å². The van der Waals surface area contributed by atoms with E-state index in [0.717, 1.165) is 39.7 Å². The lowest BCUT2D eigenvalue weighted by atomic mass is 10.0. The minimum absolute atomic E-state index is 0.470. The highest BCUT2D eigenvalue weighted by Crippen LogP contribution is 2.23. The summed E-state index contributed by atoms with van der Waals surface area (Å²) in [4.78, 5) is 4.26. The first-order valence-corrected chi connectivity index (χ1v) is 16.3. The molecule has 0 amide bonds. The molecule has 0 aliphatic rings. The molecule has 2 heterocycles. The van der Waals surface area contributed by atoms with Crippen molar-refractivity contribution in [1.82, 2.24) is 20.4 Å². The Labute approximate surface area is 278 Å². The minimum atomic E-state index is 0.470. The highest BCUT2D eigenvalue weighted by molar-refractivity contribution is 5.97. The zero-order valence-electron chi connectivity index (χ0n) is 30.3. The maximum absolute atomic E-state index is 5.12. The summed E-state index contributed by atoms with van der Waals surface area (Å²) in [6.45, 7) is 24.8. The zero-order chi connectivity index (χ0) is 34.6. The fraction of sp³-hybridized carbons (Fsp3) is 0.375. The van der Waals surface area contributed by atoms with E-state index in [4.69, 9.17) is 4.74 Å². The standard InChI is InChI=1S/C13H16N2O.C13H21N.C12H14N2.C2H6/c1-9(2)12-8-13(15-14-12)10-4-6-11(16-3)7-5-10;1-7-12(8-2)11(5)9-13(14-6)10(3)4;1-9(2)11-8-12(14-13-11)10-6-4-3-5-7-10;1-2/h4-9H,1-3H3,(H,14,15);7-10H,1H2,2-6H3;3-9H,1-2H3,(H,13,14);1-2H3/b;11-9+,12-8+,14-13?;;. The summed E-state index contributed by atoms with van der Waals surface area (Å²) in [5.74, 6) is 2.31. The molecule has 248 valence electrons. The molecule has 0 spiro atoms. The lowest BCUT2D eigenvalue weighted by Crippen LogP contribution is -2.04. The van der Waals surface area contributed by atoms with Crippen molar-refractivity contribution in [3.63, 3.8) is 0 Å². The number of aliphatic imine (C=N–C) groups is 1. The third-order valence-electron chi connectivity index (χ3n) is 7.10. The predicted octanol–water partition coefficient (Wildman–Crippen LogP) is 11.2. The van der Waals surface area contributed by atoms with Crippen molar-refractivity contribution >= 4 is 5.71 Å². The molecule has 0 aliphatic heterocycles. The van der Waals surface area contributed by atoms with Gasteiger partial charge in [-0.25, -0.2) is 0 Å². The Morgan fingerprint density at radius 1 is 0.804 bits per heavy atom. The second-order valence-electron chi connectivity index (χ2n) is 11.4. The molecule has 2 N–H and O–H groups in total. The van der Waals surface area contributed by atoms with Crippen LogP contribution in [0.5, 0.6) is 5.75 Å². The first-order chi connectivity index (χ1) is 22.0. The molecule has 0 bridgehead atoms. The number of hydrogen-bond donors (Lipinski definition) is 2. The molecular formula is C40H57N5O. The molecule has 2 aromatic carbocycles. The van der Waals surface area contributed by atoms with Gasteiger partial charge < -0.3 is 4.74 Å². The van der Waals surface area contributed by atoms with Crippen LogP contribution in [0.15, 0.2) is 108 Å². The quantitative estimate of drug-likeness (QED) is 0.144. The summed E-state index contributed by atoms with van der Waals surface area (Å²) < 4.78 is 5.12. The summed E-state index contributed by atoms with van der Waals surface area (Å²) in [6, 6.07) is 22.3. The van der Waals surface area contributed by atoms with Gasteiger partial charge in [-0.2, -0.15) is 10.2 Å². The number of aromatic nitrogens is 4. The molecule has 46 heavy (non-hydrogen) atoms. The third-order valence-corrected chi connectivity index (χ3v) is 7.10. The van der Waals surface area contributed by atoms with Crippen LogP contribution >= 0.6 is 0 Å². The average molecular weight is 624 g/mol. The van der Waals surface area contributed by atoms with Gasteiger partial charge in [0.2, 0.25) is 0 Å². The van der Waals surface area contributed by atoms with Crippen LogP contribution in [0.1, 0.15) is 92.5 Å². The number of hydrogen-bond acceptors (Lipinski definition) is 4. The molecule has 2 aromatic heterocycles. The highest BCUT2D eigenvalue weighted by Gasteiger charge is 2.07. The number of allylic oxidation sites excluding steroid dienone is 5. The van der Waals surface area contributed by atoms with E-state index in [2.05, 4.69) is 117 Å². The number of methoxy groups -OCH3 is 1. The highest BCUT2D eigenvalue weighted by atomic mass is 16.5. The van der Waals surface area contributed by atoms with Crippen molar-refractivity contribution in [3.8, 4) is 28.3 Å². The van der Waals surface area contributed by atoms with E-state index in [9.17, 15) is 0 Å². The molecule has 0 saturated carbocycles. The number of H-pyrrole nitrogens is 2. The van der Waals surface area contributed by atoms with Crippen LogP contribution in [0.25, 0.3) is 22.5 Å². The number of nitrogens with one attached hydrogen (secondary N) is 2.